The van der Waals surface area contributed by atoms with Crippen LogP contribution in [-0.2, 0) is 17.3 Å². The van der Waals surface area contributed by atoms with Crippen molar-refractivity contribution < 1.29 is 9.53 Å². The number of aryl methyl sites for hydroxylation is 2. The van der Waals surface area contributed by atoms with Crippen molar-refractivity contribution >= 4 is 8.32 Å². The molecule has 2 rings (SSSR count). The molecule has 0 aliphatic rings. The van der Waals surface area contributed by atoms with Crippen molar-refractivity contribution in [3.8, 4) is 5.75 Å². The SMILES string of the molecule is CCCCc1cc(C(CCc2ccccc2)O[Si](C)(C)C)ccc1O. The molecule has 0 bridgehead atoms. The quantitative estimate of drug-likeness (QED) is 0.537. The van der Waals surface area contributed by atoms with E-state index in [0.29, 0.717) is 5.75 Å². The largest absolute Gasteiger partial charge is 0.508 e. The van der Waals surface area contributed by atoms with Crippen LogP contribution in [0.4, 0.5) is 0 Å². The summed E-state index contributed by atoms with van der Waals surface area (Å²) in [5, 5.41) is 10.2. The molecule has 2 aromatic rings. The van der Waals surface area contributed by atoms with E-state index >= 15 is 0 Å². The maximum absolute atomic E-state index is 10.2. The maximum Gasteiger partial charge on any atom is 0.184 e. The molecule has 0 amide bonds. The van der Waals surface area contributed by atoms with Gasteiger partial charge in [-0.05, 0) is 74.1 Å². The van der Waals surface area contributed by atoms with Gasteiger partial charge in [0.15, 0.2) is 8.32 Å². The summed E-state index contributed by atoms with van der Waals surface area (Å²) in [4.78, 5) is 0. The lowest BCUT2D eigenvalue weighted by atomic mass is 9.97. The molecule has 0 heterocycles. The summed E-state index contributed by atoms with van der Waals surface area (Å²) in [6.45, 7) is 8.89. The molecule has 25 heavy (non-hydrogen) atoms. The molecule has 0 aromatic heterocycles. The molecule has 1 unspecified atom stereocenters. The van der Waals surface area contributed by atoms with Crippen LogP contribution in [0.25, 0.3) is 0 Å². The molecule has 0 saturated heterocycles. The van der Waals surface area contributed by atoms with Crippen molar-refractivity contribution in [1.82, 2.24) is 0 Å². The first-order chi connectivity index (χ1) is 11.9. The van der Waals surface area contributed by atoms with Crippen LogP contribution in [0.5, 0.6) is 5.75 Å². The second kappa shape index (κ2) is 9.21. The van der Waals surface area contributed by atoms with E-state index in [4.69, 9.17) is 4.43 Å². The van der Waals surface area contributed by atoms with Gasteiger partial charge < -0.3 is 9.53 Å². The second-order valence-corrected chi connectivity index (χ2v) is 12.2. The van der Waals surface area contributed by atoms with Gasteiger partial charge in [0.05, 0.1) is 6.10 Å². The van der Waals surface area contributed by atoms with E-state index in [1.165, 1.54) is 11.1 Å². The zero-order valence-corrected chi connectivity index (χ0v) is 17.1. The van der Waals surface area contributed by atoms with E-state index in [0.717, 1.165) is 37.7 Å². The van der Waals surface area contributed by atoms with E-state index in [9.17, 15) is 5.11 Å². The van der Waals surface area contributed by atoms with Crippen molar-refractivity contribution in [2.24, 2.45) is 0 Å². The Morgan fingerprint density at radius 1 is 1.00 bits per heavy atom. The van der Waals surface area contributed by atoms with Crippen LogP contribution in [0.1, 0.15) is 49.0 Å². The minimum atomic E-state index is -1.66. The lowest BCUT2D eigenvalue weighted by Crippen LogP contribution is -2.28. The van der Waals surface area contributed by atoms with Crippen molar-refractivity contribution in [2.75, 3.05) is 0 Å². The summed E-state index contributed by atoms with van der Waals surface area (Å²) in [5.41, 5.74) is 3.59. The molecule has 0 fully saturated rings. The summed E-state index contributed by atoms with van der Waals surface area (Å²) in [6, 6.07) is 16.6. The van der Waals surface area contributed by atoms with Crippen molar-refractivity contribution in [3.63, 3.8) is 0 Å². The fourth-order valence-electron chi connectivity index (χ4n) is 3.04. The first-order valence-corrected chi connectivity index (χ1v) is 12.8. The molecule has 0 aliphatic heterocycles. The first-order valence-electron chi connectivity index (χ1n) is 9.42. The molecule has 1 atom stereocenters. The van der Waals surface area contributed by atoms with Gasteiger partial charge in [-0.25, -0.2) is 0 Å². The maximum atomic E-state index is 10.2. The highest BCUT2D eigenvalue weighted by atomic mass is 28.4. The Hall–Kier alpha value is -1.58. The van der Waals surface area contributed by atoms with Crippen LogP contribution >= 0.6 is 0 Å². The monoisotopic (exact) mass is 356 g/mol. The van der Waals surface area contributed by atoms with Crippen molar-refractivity contribution in [1.29, 1.82) is 0 Å². The summed E-state index contributed by atoms with van der Waals surface area (Å²) in [6.07, 6.45) is 5.21. The van der Waals surface area contributed by atoms with Gasteiger partial charge in [0.25, 0.3) is 0 Å². The zero-order chi connectivity index (χ0) is 18.3. The predicted octanol–water partition coefficient (Wildman–Crippen LogP) is 6.26. The highest BCUT2D eigenvalue weighted by Gasteiger charge is 2.23. The third-order valence-corrected chi connectivity index (χ3v) is 5.30. The summed E-state index contributed by atoms with van der Waals surface area (Å²) in [5.74, 6) is 0.409. The number of hydrogen-bond acceptors (Lipinski definition) is 2. The Labute approximate surface area is 154 Å². The second-order valence-electron chi connectivity index (χ2n) is 7.73. The molecule has 2 nitrogen and oxygen atoms in total. The van der Waals surface area contributed by atoms with Crippen LogP contribution in [0, 0.1) is 0 Å². The highest BCUT2D eigenvalue weighted by molar-refractivity contribution is 6.69. The Morgan fingerprint density at radius 2 is 1.72 bits per heavy atom. The minimum Gasteiger partial charge on any atom is -0.508 e. The fourth-order valence-corrected chi connectivity index (χ4v) is 4.14. The summed E-state index contributed by atoms with van der Waals surface area (Å²) in [7, 11) is -1.66. The molecule has 136 valence electrons. The van der Waals surface area contributed by atoms with Gasteiger partial charge in [-0.1, -0.05) is 49.7 Å². The van der Waals surface area contributed by atoms with Gasteiger partial charge >= 0.3 is 0 Å². The number of rotatable bonds is 9. The highest BCUT2D eigenvalue weighted by Crippen LogP contribution is 2.31. The number of aromatic hydroxyl groups is 1. The van der Waals surface area contributed by atoms with Crippen molar-refractivity contribution in [2.45, 2.75) is 64.8 Å². The van der Waals surface area contributed by atoms with Crippen LogP contribution < -0.4 is 0 Å². The van der Waals surface area contributed by atoms with Gasteiger partial charge in [0.2, 0.25) is 0 Å². The molecule has 0 saturated carbocycles. The first kappa shape index (κ1) is 19.7. The summed E-state index contributed by atoms with van der Waals surface area (Å²) < 4.78 is 6.50. The van der Waals surface area contributed by atoms with Gasteiger partial charge in [0.1, 0.15) is 5.75 Å². The molecule has 0 spiro atoms. The number of benzene rings is 2. The molecule has 2 aromatic carbocycles. The standard InChI is InChI=1S/C22H32O2Si/c1-5-6-12-19-17-20(14-15-21(19)23)22(24-25(2,3)4)16-13-18-10-8-7-9-11-18/h7-11,14-15,17,22-23H,5-6,12-13,16H2,1-4H3. The van der Waals surface area contributed by atoms with E-state index in [-0.39, 0.29) is 6.10 Å². The molecular weight excluding hydrogens is 324 g/mol. The lowest BCUT2D eigenvalue weighted by molar-refractivity contribution is 0.187. The van der Waals surface area contributed by atoms with Crippen LogP contribution in [0.3, 0.4) is 0 Å². The van der Waals surface area contributed by atoms with Crippen LogP contribution in [0.15, 0.2) is 48.5 Å². The predicted molar refractivity (Wildman–Crippen MR) is 109 cm³/mol. The minimum absolute atomic E-state index is 0.0906. The molecule has 0 aliphatic carbocycles. The molecule has 3 heteroatoms. The van der Waals surface area contributed by atoms with Crippen LogP contribution in [0.2, 0.25) is 19.6 Å². The van der Waals surface area contributed by atoms with E-state index in [2.05, 4.69) is 63.0 Å². The molecular formula is C22H32O2Si. The molecule has 1 N–H and O–H groups in total. The Kier molecular flexibility index (Phi) is 7.27. The van der Waals surface area contributed by atoms with Gasteiger partial charge in [-0.3, -0.25) is 0 Å². The topological polar surface area (TPSA) is 29.5 Å². The average Bonchev–Trinajstić information content (AvgIpc) is 2.58. The lowest BCUT2D eigenvalue weighted by Gasteiger charge is -2.27. The third-order valence-electron chi connectivity index (χ3n) is 4.31. The van der Waals surface area contributed by atoms with E-state index in [1.54, 1.807) is 0 Å². The molecule has 0 radical (unpaired) electrons. The average molecular weight is 357 g/mol. The van der Waals surface area contributed by atoms with Crippen LogP contribution in [-0.4, -0.2) is 13.4 Å². The fraction of sp³-hybridized carbons (Fsp3) is 0.455. The Balaban J connectivity index is 2.19. The summed E-state index contributed by atoms with van der Waals surface area (Å²) >= 11 is 0. The Bertz CT molecular complexity index is 647. The third kappa shape index (κ3) is 6.67. The smallest absolute Gasteiger partial charge is 0.184 e. The van der Waals surface area contributed by atoms with E-state index < -0.39 is 8.32 Å². The van der Waals surface area contributed by atoms with Crippen molar-refractivity contribution in [3.05, 3.63) is 65.2 Å². The number of hydrogen-bond donors (Lipinski definition) is 1. The van der Waals surface area contributed by atoms with E-state index in [1.807, 2.05) is 12.1 Å². The van der Waals surface area contributed by atoms with Gasteiger partial charge in [-0.2, -0.15) is 0 Å². The Morgan fingerprint density at radius 3 is 2.36 bits per heavy atom. The van der Waals surface area contributed by atoms with Gasteiger partial charge in [0, 0.05) is 0 Å². The number of unbranched alkanes of at least 4 members (excludes halogenated alkanes) is 1. The van der Waals surface area contributed by atoms with Gasteiger partial charge in [-0.15, -0.1) is 0 Å². The number of phenols is 1. The number of phenolic OH excluding ortho intramolecular Hbond substituents is 1. The normalized spacial score (nSPS) is 13.0. The zero-order valence-electron chi connectivity index (χ0n) is 16.1.